The minimum atomic E-state index is -3.73. The number of nitrogens with zero attached hydrogens (tertiary/aromatic N) is 3. The first kappa shape index (κ1) is 18.9. The summed E-state index contributed by atoms with van der Waals surface area (Å²) in [7, 11) is -3.73. The van der Waals surface area contributed by atoms with Crippen molar-refractivity contribution in [2.24, 2.45) is 0 Å². The Morgan fingerprint density at radius 1 is 1.15 bits per heavy atom. The molecule has 3 rings (SSSR count). The molecule has 0 radical (unpaired) electrons. The second-order valence-electron chi connectivity index (χ2n) is 6.35. The van der Waals surface area contributed by atoms with Gasteiger partial charge in [0.05, 0.1) is 16.5 Å². The van der Waals surface area contributed by atoms with E-state index in [1.165, 1.54) is 16.4 Å². The molecule has 2 aromatic carbocycles. The topological polar surface area (TPSA) is 93.5 Å². The van der Waals surface area contributed by atoms with Gasteiger partial charge in [-0.15, -0.1) is 0 Å². The fourth-order valence-electron chi connectivity index (χ4n) is 3.07. The maximum Gasteiger partial charge on any atom is 0.321 e. The summed E-state index contributed by atoms with van der Waals surface area (Å²) in [6.07, 6.45) is 0. The Morgan fingerprint density at radius 3 is 2.56 bits per heavy atom. The van der Waals surface area contributed by atoms with Crippen LogP contribution in [0.15, 0.2) is 59.5 Å². The molecule has 2 amide bonds. The van der Waals surface area contributed by atoms with Crippen LogP contribution in [0.25, 0.3) is 0 Å². The maximum atomic E-state index is 12.9. The van der Waals surface area contributed by atoms with Gasteiger partial charge in [-0.2, -0.15) is 9.57 Å². The number of benzene rings is 2. The van der Waals surface area contributed by atoms with E-state index in [4.69, 9.17) is 5.26 Å². The SMILES string of the molecule is C[C@H]1CN(C(=O)Nc2ccccc2)CCN1S(=O)(=O)c1cccc(C#N)c1. The Labute approximate surface area is 158 Å². The molecule has 1 heterocycles. The predicted octanol–water partition coefficient (Wildman–Crippen LogP) is 2.49. The molecule has 2 aromatic rings. The summed E-state index contributed by atoms with van der Waals surface area (Å²) in [4.78, 5) is 14.1. The average molecular weight is 384 g/mol. The predicted molar refractivity (Wildman–Crippen MR) is 102 cm³/mol. The lowest BCUT2D eigenvalue weighted by molar-refractivity contribution is 0.157. The highest BCUT2D eigenvalue weighted by Gasteiger charge is 2.35. The minimum absolute atomic E-state index is 0.0931. The molecular formula is C19H20N4O3S. The number of piperazine rings is 1. The van der Waals surface area contributed by atoms with Crippen molar-refractivity contribution in [3.8, 4) is 6.07 Å². The van der Waals surface area contributed by atoms with Crippen LogP contribution in [0.3, 0.4) is 0 Å². The number of anilines is 1. The largest absolute Gasteiger partial charge is 0.322 e. The van der Waals surface area contributed by atoms with Crippen LogP contribution in [0, 0.1) is 11.3 Å². The molecule has 0 spiro atoms. The smallest absolute Gasteiger partial charge is 0.321 e. The third-order valence-corrected chi connectivity index (χ3v) is 6.46. The Hall–Kier alpha value is -2.89. The van der Waals surface area contributed by atoms with E-state index in [-0.39, 0.29) is 30.1 Å². The van der Waals surface area contributed by atoms with E-state index >= 15 is 0 Å². The number of nitrogens with one attached hydrogen (secondary N) is 1. The Morgan fingerprint density at radius 2 is 1.89 bits per heavy atom. The molecule has 1 aliphatic heterocycles. The van der Waals surface area contributed by atoms with Crippen molar-refractivity contribution in [3.63, 3.8) is 0 Å². The highest BCUT2D eigenvalue weighted by molar-refractivity contribution is 7.89. The average Bonchev–Trinajstić information content (AvgIpc) is 2.68. The Kier molecular flexibility index (Phi) is 5.44. The summed E-state index contributed by atoms with van der Waals surface area (Å²) in [5, 5.41) is 11.8. The second-order valence-corrected chi connectivity index (χ2v) is 8.24. The number of carbonyl (C=O) groups excluding carboxylic acids is 1. The molecule has 0 bridgehead atoms. The van der Waals surface area contributed by atoms with E-state index in [9.17, 15) is 13.2 Å². The maximum absolute atomic E-state index is 12.9. The van der Waals surface area contributed by atoms with Crippen molar-refractivity contribution >= 4 is 21.7 Å². The van der Waals surface area contributed by atoms with Gasteiger partial charge in [0.25, 0.3) is 0 Å². The number of hydrogen-bond acceptors (Lipinski definition) is 4. The Bertz CT molecular complexity index is 970. The van der Waals surface area contributed by atoms with Crippen LogP contribution >= 0.6 is 0 Å². The molecule has 0 saturated carbocycles. The first-order chi connectivity index (χ1) is 12.9. The van der Waals surface area contributed by atoms with Crippen LogP contribution in [0.5, 0.6) is 0 Å². The fraction of sp³-hybridized carbons (Fsp3) is 0.263. The number of carbonyl (C=O) groups is 1. The van der Waals surface area contributed by atoms with Crippen LogP contribution in [0.4, 0.5) is 10.5 Å². The highest BCUT2D eigenvalue weighted by atomic mass is 32.2. The van der Waals surface area contributed by atoms with Crippen molar-refractivity contribution in [1.82, 2.24) is 9.21 Å². The summed E-state index contributed by atoms with van der Waals surface area (Å²) in [6.45, 7) is 2.55. The molecule has 140 valence electrons. The highest BCUT2D eigenvalue weighted by Crippen LogP contribution is 2.22. The zero-order valence-electron chi connectivity index (χ0n) is 14.9. The van der Waals surface area contributed by atoms with Crippen LogP contribution < -0.4 is 5.32 Å². The molecule has 27 heavy (non-hydrogen) atoms. The summed E-state index contributed by atoms with van der Waals surface area (Å²) in [5.74, 6) is 0. The lowest BCUT2D eigenvalue weighted by atomic mass is 10.2. The van der Waals surface area contributed by atoms with Gasteiger partial charge in [0, 0.05) is 31.4 Å². The number of sulfonamides is 1. The minimum Gasteiger partial charge on any atom is -0.322 e. The number of hydrogen-bond donors (Lipinski definition) is 1. The van der Waals surface area contributed by atoms with Gasteiger partial charge in [0.1, 0.15) is 0 Å². The molecule has 8 heteroatoms. The first-order valence-electron chi connectivity index (χ1n) is 8.55. The number of urea groups is 1. The van der Waals surface area contributed by atoms with Gasteiger partial charge >= 0.3 is 6.03 Å². The molecule has 1 fully saturated rings. The van der Waals surface area contributed by atoms with Crippen LogP contribution in [-0.2, 0) is 10.0 Å². The zero-order valence-corrected chi connectivity index (χ0v) is 15.7. The molecule has 1 N–H and O–H groups in total. The van der Waals surface area contributed by atoms with Crippen molar-refractivity contribution in [3.05, 3.63) is 60.2 Å². The lowest BCUT2D eigenvalue weighted by Gasteiger charge is -2.38. The molecular weight excluding hydrogens is 364 g/mol. The summed E-state index contributed by atoms with van der Waals surface area (Å²) in [6, 6.07) is 16.4. The van der Waals surface area contributed by atoms with Crippen LogP contribution in [0.1, 0.15) is 12.5 Å². The number of para-hydroxylation sites is 1. The lowest BCUT2D eigenvalue weighted by Crippen LogP contribution is -2.56. The fourth-order valence-corrected chi connectivity index (χ4v) is 4.73. The Balaban J connectivity index is 1.71. The standard InChI is InChI=1S/C19H20N4O3S/c1-15-14-22(19(24)21-17-7-3-2-4-8-17)10-11-23(15)27(25,26)18-9-5-6-16(12-18)13-20/h2-9,12,15H,10-11,14H2,1H3,(H,21,24)/t15-/m0/s1. The van der Waals surface area contributed by atoms with Gasteiger partial charge in [-0.1, -0.05) is 24.3 Å². The third-order valence-electron chi connectivity index (χ3n) is 4.45. The van der Waals surface area contributed by atoms with E-state index in [1.54, 1.807) is 36.1 Å². The molecule has 1 saturated heterocycles. The molecule has 7 nitrogen and oxygen atoms in total. The van der Waals surface area contributed by atoms with Gasteiger partial charge in [-0.3, -0.25) is 0 Å². The van der Waals surface area contributed by atoms with E-state index in [1.807, 2.05) is 24.3 Å². The van der Waals surface area contributed by atoms with Gasteiger partial charge < -0.3 is 10.2 Å². The number of rotatable bonds is 3. The summed E-state index contributed by atoms with van der Waals surface area (Å²) >= 11 is 0. The number of amides is 2. The number of nitriles is 1. The summed E-state index contributed by atoms with van der Waals surface area (Å²) < 4.78 is 27.2. The van der Waals surface area contributed by atoms with Crippen molar-refractivity contribution in [2.45, 2.75) is 17.9 Å². The van der Waals surface area contributed by atoms with Crippen molar-refractivity contribution in [2.75, 3.05) is 25.0 Å². The molecule has 0 aromatic heterocycles. The van der Waals surface area contributed by atoms with E-state index in [0.717, 1.165) is 0 Å². The van der Waals surface area contributed by atoms with E-state index < -0.39 is 10.0 Å². The quantitative estimate of drug-likeness (QED) is 0.880. The normalized spacial score (nSPS) is 17.9. The molecule has 1 aliphatic rings. The van der Waals surface area contributed by atoms with Gasteiger partial charge in [0.2, 0.25) is 10.0 Å². The zero-order chi connectivity index (χ0) is 19.4. The van der Waals surface area contributed by atoms with E-state index in [0.29, 0.717) is 17.8 Å². The first-order valence-corrected chi connectivity index (χ1v) is 9.99. The van der Waals surface area contributed by atoms with Gasteiger partial charge in [-0.25, -0.2) is 13.2 Å². The molecule has 0 aliphatic carbocycles. The van der Waals surface area contributed by atoms with E-state index in [2.05, 4.69) is 5.32 Å². The van der Waals surface area contributed by atoms with Crippen molar-refractivity contribution in [1.29, 1.82) is 5.26 Å². The van der Waals surface area contributed by atoms with Gasteiger partial charge in [0.15, 0.2) is 0 Å². The molecule has 0 unspecified atom stereocenters. The monoisotopic (exact) mass is 384 g/mol. The van der Waals surface area contributed by atoms with Crippen molar-refractivity contribution < 1.29 is 13.2 Å². The third kappa shape index (κ3) is 4.10. The van der Waals surface area contributed by atoms with Gasteiger partial charge in [-0.05, 0) is 37.3 Å². The molecule has 1 atom stereocenters. The van der Waals surface area contributed by atoms with Crippen LogP contribution in [-0.4, -0.2) is 49.3 Å². The van der Waals surface area contributed by atoms with Crippen LogP contribution in [0.2, 0.25) is 0 Å². The summed E-state index contributed by atoms with van der Waals surface area (Å²) in [5.41, 5.74) is 0.989. The second kappa shape index (κ2) is 7.78.